The van der Waals surface area contributed by atoms with Crippen LogP contribution in [0.5, 0.6) is 0 Å². The van der Waals surface area contributed by atoms with Crippen LogP contribution in [-0.2, 0) is 19.6 Å². The number of benzene rings is 1. The zero-order valence-electron chi connectivity index (χ0n) is 13.8. The van der Waals surface area contributed by atoms with Gasteiger partial charge in [0.25, 0.3) is 0 Å². The number of hydrogen-bond donors (Lipinski definition) is 0. The molecule has 112 valence electrons. The standard InChI is InChI=1S/C14H20O5S.2Na/c1-4-11-8-10(3)18-14(19-11)12-7-9(2)5-6-13(12)20(15,16)17;;/h5-7,10-11,14H,4,8H2,1-3H3,(H,15,16,17);;/q;2*+1/p-1. The topological polar surface area (TPSA) is 75.7 Å². The smallest absolute Gasteiger partial charge is 0.744 e. The van der Waals surface area contributed by atoms with Crippen molar-refractivity contribution >= 4 is 10.1 Å². The molecular formula is C14H19Na2O5S+. The van der Waals surface area contributed by atoms with E-state index in [0.717, 1.165) is 18.4 Å². The molecule has 0 saturated carbocycles. The minimum Gasteiger partial charge on any atom is -0.744 e. The summed E-state index contributed by atoms with van der Waals surface area (Å²) in [6.07, 6.45) is 0.739. The summed E-state index contributed by atoms with van der Waals surface area (Å²) in [4.78, 5) is -0.267. The van der Waals surface area contributed by atoms with Gasteiger partial charge in [-0.15, -0.1) is 0 Å². The molecule has 22 heavy (non-hydrogen) atoms. The third-order valence-electron chi connectivity index (χ3n) is 3.41. The van der Waals surface area contributed by atoms with Gasteiger partial charge in [0.15, 0.2) is 6.29 Å². The Hall–Kier alpha value is 1.05. The number of hydrogen-bond acceptors (Lipinski definition) is 5. The predicted molar refractivity (Wildman–Crippen MR) is 72.2 cm³/mol. The van der Waals surface area contributed by atoms with E-state index in [1.54, 1.807) is 12.1 Å². The number of ether oxygens (including phenoxy) is 2. The van der Waals surface area contributed by atoms with E-state index in [4.69, 9.17) is 9.47 Å². The van der Waals surface area contributed by atoms with E-state index in [1.807, 2.05) is 20.8 Å². The van der Waals surface area contributed by atoms with Crippen molar-refractivity contribution in [3.05, 3.63) is 29.3 Å². The zero-order valence-corrected chi connectivity index (χ0v) is 18.6. The van der Waals surface area contributed by atoms with Crippen molar-refractivity contribution in [3.63, 3.8) is 0 Å². The summed E-state index contributed by atoms with van der Waals surface area (Å²) < 4.78 is 45.5. The molecule has 5 nitrogen and oxygen atoms in total. The second-order valence-electron chi connectivity index (χ2n) is 5.18. The van der Waals surface area contributed by atoms with Crippen LogP contribution in [0.2, 0.25) is 0 Å². The van der Waals surface area contributed by atoms with Crippen molar-refractivity contribution in [2.45, 2.75) is 57.0 Å². The summed E-state index contributed by atoms with van der Waals surface area (Å²) in [5, 5.41) is 0. The Morgan fingerprint density at radius 2 is 1.91 bits per heavy atom. The first-order valence-electron chi connectivity index (χ1n) is 6.68. The van der Waals surface area contributed by atoms with Gasteiger partial charge in [-0.2, -0.15) is 0 Å². The minimum absolute atomic E-state index is 0. The van der Waals surface area contributed by atoms with Crippen LogP contribution in [0.3, 0.4) is 0 Å². The van der Waals surface area contributed by atoms with Crippen LogP contribution in [0.25, 0.3) is 0 Å². The average molecular weight is 345 g/mol. The molecule has 0 N–H and O–H groups in total. The van der Waals surface area contributed by atoms with E-state index in [1.165, 1.54) is 6.07 Å². The second kappa shape index (κ2) is 9.51. The fourth-order valence-electron chi connectivity index (χ4n) is 2.39. The first kappa shape index (κ1) is 23.1. The van der Waals surface area contributed by atoms with Gasteiger partial charge in [0, 0.05) is 5.56 Å². The summed E-state index contributed by atoms with van der Waals surface area (Å²) in [5.74, 6) is 0. The fraction of sp³-hybridized carbons (Fsp3) is 0.571. The van der Waals surface area contributed by atoms with Crippen LogP contribution in [0.15, 0.2) is 23.1 Å². The van der Waals surface area contributed by atoms with Gasteiger partial charge in [0.1, 0.15) is 10.1 Å². The molecule has 1 fully saturated rings. The third kappa shape index (κ3) is 5.84. The van der Waals surface area contributed by atoms with Crippen molar-refractivity contribution in [1.29, 1.82) is 0 Å². The first-order chi connectivity index (χ1) is 9.31. The molecular weight excluding hydrogens is 326 g/mol. The van der Waals surface area contributed by atoms with E-state index in [0.29, 0.717) is 5.56 Å². The third-order valence-corrected chi connectivity index (χ3v) is 4.32. The Morgan fingerprint density at radius 3 is 2.45 bits per heavy atom. The molecule has 0 bridgehead atoms. The van der Waals surface area contributed by atoms with Crippen LogP contribution < -0.4 is 59.1 Å². The van der Waals surface area contributed by atoms with Crippen LogP contribution in [-0.4, -0.2) is 25.2 Å². The van der Waals surface area contributed by atoms with Crippen LogP contribution >= 0.6 is 0 Å². The molecule has 1 aliphatic heterocycles. The van der Waals surface area contributed by atoms with Crippen LogP contribution in [0, 0.1) is 6.92 Å². The molecule has 2 rings (SSSR count). The van der Waals surface area contributed by atoms with Gasteiger partial charge >= 0.3 is 59.1 Å². The molecule has 0 aromatic heterocycles. The molecule has 1 aromatic carbocycles. The summed E-state index contributed by atoms with van der Waals surface area (Å²) in [6.45, 7) is 5.74. The maximum atomic E-state index is 11.4. The first-order valence-corrected chi connectivity index (χ1v) is 8.09. The average Bonchev–Trinajstić information content (AvgIpc) is 2.36. The number of aryl methyl sites for hydroxylation is 1. The van der Waals surface area contributed by atoms with Gasteiger partial charge < -0.3 is 14.0 Å². The SMILES string of the molecule is CCC1CC(C)OC(c2cc(C)ccc2S(=O)(=O)[O-])O1.[Na+].[Na+]. The molecule has 0 amide bonds. The molecule has 1 aliphatic rings. The Bertz CT molecular complexity index is 591. The quantitative estimate of drug-likeness (QED) is 0.420. The van der Waals surface area contributed by atoms with Crippen molar-refractivity contribution < 1.29 is 81.6 Å². The maximum Gasteiger partial charge on any atom is 1.00 e. The summed E-state index contributed by atoms with van der Waals surface area (Å²) in [5.41, 5.74) is 1.15. The normalized spacial score (nSPS) is 25.0. The van der Waals surface area contributed by atoms with Crippen LogP contribution in [0.4, 0.5) is 0 Å². The van der Waals surface area contributed by atoms with E-state index >= 15 is 0 Å². The largest absolute Gasteiger partial charge is 1.00 e. The van der Waals surface area contributed by atoms with Crippen LogP contribution in [0.1, 0.15) is 44.1 Å². The van der Waals surface area contributed by atoms with E-state index in [-0.39, 0.29) is 76.2 Å². The molecule has 3 unspecified atom stereocenters. The van der Waals surface area contributed by atoms with Crippen molar-refractivity contribution in [1.82, 2.24) is 0 Å². The summed E-state index contributed by atoms with van der Waals surface area (Å²) >= 11 is 0. The molecule has 0 spiro atoms. The second-order valence-corrected chi connectivity index (χ2v) is 6.52. The van der Waals surface area contributed by atoms with E-state index in [9.17, 15) is 13.0 Å². The molecule has 1 saturated heterocycles. The van der Waals surface area contributed by atoms with E-state index in [2.05, 4.69) is 0 Å². The minimum atomic E-state index is -4.55. The van der Waals surface area contributed by atoms with Gasteiger partial charge in [-0.3, -0.25) is 0 Å². The monoisotopic (exact) mass is 345 g/mol. The molecule has 1 aromatic rings. The summed E-state index contributed by atoms with van der Waals surface area (Å²) in [6, 6.07) is 4.55. The Balaban J connectivity index is 0.00000220. The molecule has 3 atom stereocenters. The molecule has 8 heteroatoms. The maximum absolute atomic E-state index is 11.4. The molecule has 1 heterocycles. The van der Waals surface area contributed by atoms with Gasteiger partial charge in [-0.25, -0.2) is 8.42 Å². The van der Waals surface area contributed by atoms with Gasteiger partial charge in [-0.1, -0.05) is 18.6 Å². The Kier molecular flexibility index (Phi) is 9.97. The van der Waals surface area contributed by atoms with Crippen molar-refractivity contribution in [2.75, 3.05) is 0 Å². The molecule has 0 aliphatic carbocycles. The van der Waals surface area contributed by atoms with Crippen molar-refractivity contribution in [2.24, 2.45) is 0 Å². The van der Waals surface area contributed by atoms with E-state index < -0.39 is 16.4 Å². The van der Waals surface area contributed by atoms with Crippen molar-refractivity contribution in [3.8, 4) is 0 Å². The zero-order chi connectivity index (χ0) is 14.9. The summed E-state index contributed by atoms with van der Waals surface area (Å²) in [7, 11) is -4.55. The molecule has 0 radical (unpaired) electrons. The fourth-order valence-corrected chi connectivity index (χ4v) is 3.07. The van der Waals surface area contributed by atoms with Gasteiger partial charge in [0.2, 0.25) is 0 Å². The van der Waals surface area contributed by atoms with Gasteiger partial charge in [0.05, 0.1) is 17.1 Å². The van der Waals surface area contributed by atoms with Gasteiger partial charge in [-0.05, 0) is 38.8 Å². The number of rotatable bonds is 3. The predicted octanol–water partition coefficient (Wildman–Crippen LogP) is -3.49. The Morgan fingerprint density at radius 1 is 1.27 bits per heavy atom. The Labute approximate surface area is 176 Å².